The summed E-state index contributed by atoms with van der Waals surface area (Å²) in [5.74, 6) is -0.759. The Balaban J connectivity index is 2.49. The molecule has 1 aromatic heterocycles. The van der Waals surface area contributed by atoms with Gasteiger partial charge in [0.05, 0.1) is 18.4 Å². The quantitative estimate of drug-likeness (QED) is 0.649. The molecule has 110 valence electrons. The van der Waals surface area contributed by atoms with Crippen molar-refractivity contribution in [1.29, 1.82) is 0 Å². The Morgan fingerprint density at radius 1 is 1.24 bits per heavy atom. The fourth-order valence-electron chi connectivity index (χ4n) is 1.67. The van der Waals surface area contributed by atoms with Crippen LogP contribution in [0.4, 0.5) is 11.4 Å². The summed E-state index contributed by atoms with van der Waals surface area (Å²) >= 11 is 0. The number of hydrogen-bond acceptors (Lipinski definition) is 6. The molecule has 0 aliphatic carbocycles. The van der Waals surface area contributed by atoms with Gasteiger partial charge < -0.3 is 10.5 Å². The second kappa shape index (κ2) is 5.80. The van der Waals surface area contributed by atoms with Crippen molar-refractivity contribution in [1.82, 2.24) is 4.98 Å². The number of hydrogen-bond donors (Lipinski definition) is 2. The fraction of sp³-hybridized carbons (Fsp3) is 0.0769. The van der Waals surface area contributed by atoms with Crippen LogP contribution in [0.5, 0.6) is 0 Å². The highest BCUT2D eigenvalue weighted by atomic mass is 32.2. The van der Waals surface area contributed by atoms with Crippen LogP contribution in [0.25, 0.3) is 0 Å². The average Bonchev–Trinajstić information content (AvgIpc) is 2.47. The minimum atomic E-state index is -3.98. The number of carbonyl (C=O) groups excluding carboxylic acids is 1. The van der Waals surface area contributed by atoms with Gasteiger partial charge in [-0.3, -0.25) is 9.71 Å². The van der Waals surface area contributed by atoms with Crippen molar-refractivity contribution in [3.8, 4) is 0 Å². The maximum atomic E-state index is 12.4. The lowest BCUT2D eigenvalue weighted by atomic mass is 10.2. The molecule has 21 heavy (non-hydrogen) atoms. The summed E-state index contributed by atoms with van der Waals surface area (Å²) in [5, 5.41) is 0. The first-order valence-electron chi connectivity index (χ1n) is 5.85. The van der Waals surface area contributed by atoms with Gasteiger partial charge >= 0.3 is 5.97 Å². The molecule has 7 nitrogen and oxygen atoms in total. The molecule has 0 saturated carbocycles. The predicted octanol–water partition coefficient (Wildman–Crippen LogP) is 1.25. The number of nitrogens with two attached hydrogens (primary N) is 1. The van der Waals surface area contributed by atoms with Crippen LogP contribution in [0.15, 0.2) is 47.6 Å². The Kier molecular flexibility index (Phi) is 4.08. The lowest BCUT2D eigenvalue weighted by molar-refractivity contribution is 0.0596. The van der Waals surface area contributed by atoms with Crippen molar-refractivity contribution in [3.05, 3.63) is 48.3 Å². The zero-order chi connectivity index (χ0) is 15.5. The van der Waals surface area contributed by atoms with Crippen LogP contribution in [0.1, 0.15) is 10.4 Å². The van der Waals surface area contributed by atoms with Crippen molar-refractivity contribution >= 4 is 27.4 Å². The molecular formula is C13H13N3O4S. The number of esters is 1. The molecule has 2 rings (SSSR count). The summed E-state index contributed by atoms with van der Waals surface area (Å²) < 4.78 is 31.7. The molecule has 0 aliphatic heterocycles. The van der Waals surface area contributed by atoms with Crippen LogP contribution < -0.4 is 10.5 Å². The minimum Gasteiger partial charge on any atom is -0.465 e. The number of carbonyl (C=O) groups is 1. The van der Waals surface area contributed by atoms with Crippen LogP contribution >= 0.6 is 0 Å². The first kappa shape index (κ1) is 14.8. The van der Waals surface area contributed by atoms with Gasteiger partial charge in [-0.1, -0.05) is 0 Å². The van der Waals surface area contributed by atoms with Gasteiger partial charge in [0, 0.05) is 18.1 Å². The van der Waals surface area contributed by atoms with E-state index in [2.05, 4.69) is 14.4 Å². The zero-order valence-electron chi connectivity index (χ0n) is 11.1. The van der Waals surface area contributed by atoms with Crippen LogP contribution in [-0.4, -0.2) is 26.5 Å². The van der Waals surface area contributed by atoms with Crippen LogP contribution in [-0.2, 0) is 14.8 Å². The van der Waals surface area contributed by atoms with Gasteiger partial charge in [0.25, 0.3) is 10.0 Å². The summed E-state index contributed by atoms with van der Waals surface area (Å²) in [5.41, 5.74) is 6.06. The Morgan fingerprint density at radius 3 is 2.52 bits per heavy atom. The largest absolute Gasteiger partial charge is 0.465 e. The number of benzene rings is 1. The van der Waals surface area contributed by atoms with E-state index in [0.717, 1.165) is 0 Å². The van der Waals surface area contributed by atoms with E-state index in [0.29, 0.717) is 5.69 Å². The first-order valence-corrected chi connectivity index (χ1v) is 7.33. The molecule has 0 atom stereocenters. The number of anilines is 2. The summed E-state index contributed by atoms with van der Waals surface area (Å²) in [7, 11) is -2.81. The number of nitrogens with one attached hydrogen (secondary N) is 1. The van der Waals surface area contributed by atoms with Gasteiger partial charge in [0.2, 0.25) is 0 Å². The number of nitrogen functional groups attached to an aromatic ring is 1. The van der Waals surface area contributed by atoms with Crippen molar-refractivity contribution < 1.29 is 17.9 Å². The summed E-state index contributed by atoms with van der Waals surface area (Å²) in [6.45, 7) is 0. The summed E-state index contributed by atoms with van der Waals surface area (Å²) in [6.07, 6.45) is 2.89. The molecule has 0 radical (unpaired) electrons. The standard InChI is InChI=1S/C13H13N3O4S/c1-20-13(17)11-3-2-9(14)8-12(11)21(18,19)16-10-4-6-15-7-5-10/h2-8H,14H2,1H3,(H,15,16). The van der Waals surface area contributed by atoms with Gasteiger partial charge in [0.1, 0.15) is 4.90 Å². The number of methoxy groups -OCH3 is 1. The molecule has 8 heteroatoms. The number of ether oxygens (including phenoxy) is 1. The highest BCUT2D eigenvalue weighted by molar-refractivity contribution is 7.92. The van der Waals surface area contributed by atoms with Gasteiger partial charge in [-0.2, -0.15) is 0 Å². The first-order chi connectivity index (χ1) is 9.94. The lowest BCUT2D eigenvalue weighted by Crippen LogP contribution is -2.18. The number of sulfonamides is 1. The minimum absolute atomic E-state index is 0.0896. The molecule has 2 aromatic rings. The molecule has 0 spiro atoms. The Bertz CT molecular complexity index is 760. The molecule has 3 N–H and O–H groups in total. The summed E-state index contributed by atoms with van der Waals surface area (Å²) in [4.78, 5) is 15.2. The summed E-state index contributed by atoms with van der Waals surface area (Å²) in [6, 6.07) is 6.92. The van der Waals surface area contributed by atoms with Gasteiger partial charge in [-0.05, 0) is 30.3 Å². The number of aromatic nitrogens is 1. The third kappa shape index (κ3) is 3.29. The van der Waals surface area contributed by atoms with Gasteiger partial charge in [-0.25, -0.2) is 13.2 Å². The van der Waals surface area contributed by atoms with E-state index in [1.165, 1.54) is 49.8 Å². The highest BCUT2D eigenvalue weighted by Gasteiger charge is 2.23. The van der Waals surface area contributed by atoms with E-state index in [-0.39, 0.29) is 16.1 Å². The molecule has 0 aliphatic rings. The smallest absolute Gasteiger partial charge is 0.339 e. The average molecular weight is 307 g/mol. The SMILES string of the molecule is COC(=O)c1ccc(N)cc1S(=O)(=O)Nc1ccncc1. The van der Waals surface area contributed by atoms with Crippen molar-refractivity contribution in [2.75, 3.05) is 17.6 Å². The number of pyridine rings is 1. The van der Waals surface area contributed by atoms with Crippen LogP contribution in [0, 0.1) is 0 Å². The van der Waals surface area contributed by atoms with Crippen molar-refractivity contribution in [2.45, 2.75) is 4.90 Å². The molecule has 1 heterocycles. The molecule has 0 bridgehead atoms. The Hall–Kier alpha value is -2.61. The Morgan fingerprint density at radius 2 is 1.90 bits per heavy atom. The highest BCUT2D eigenvalue weighted by Crippen LogP contribution is 2.22. The van der Waals surface area contributed by atoms with E-state index < -0.39 is 16.0 Å². The van der Waals surface area contributed by atoms with E-state index in [4.69, 9.17) is 5.73 Å². The second-order valence-electron chi connectivity index (χ2n) is 4.09. The molecule has 0 fully saturated rings. The van der Waals surface area contributed by atoms with Crippen molar-refractivity contribution in [2.24, 2.45) is 0 Å². The topological polar surface area (TPSA) is 111 Å². The number of nitrogens with zero attached hydrogens (tertiary/aromatic N) is 1. The van der Waals surface area contributed by atoms with Crippen molar-refractivity contribution in [3.63, 3.8) is 0 Å². The maximum Gasteiger partial charge on any atom is 0.339 e. The predicted molar refractivity (Wildman–Crippen MR) is 77.2 cm³/mol. The van der Waals surface area contributed by atoms with E-state index in [1.54, 1.807) is 0 Å². The fourth-order valence-corrected chi connectivity index (χ4v) is 2.96. The lowest BCUT2D eigenvalue weighted by Gasteiger charge is -2.11. The van der Waals surface area contributed by atoms with E-state index in [1.807, 2.05) is 0 Å². The Labute approximate surface area is 121 Å². The van der Waals surface area contributed by atoms with Gasteiger partial charge in [0.15, 0.2) is 0 Å². The molecule has 0 unspecified atom stereocenters. The van der Waals surface area contributed by atoms with E-state index >= 15 is 0 Å². The molecule has 0 amide bonds. The van der Waals surface area contributed by atoms with Crippen LogP contribution in [0.3, 0.4) is 0 Å². The zero-order valence-corrected chi connectivity index (χ0v) is 11.9. The maximum absolute atomic E-state index is 12.4. The van der Waals surface area contributed by atoms with E-state index in [9.17, 15) is 13.2 Å². The molecule has 1 aromatic carbocycles. The van der Waals surface area contributed by atoms with Crippen LogP contribution in [0.2, 0.25) is 0 Å². The monoisotopic (exact) mass is 307 g/mol. The second-order valence-corrected chi connectivity index (χ2v) is 5.74. The molecular weight excluding hydrogens is 294 g/mol. The third-order valence-corrected chi connectivity index (χ3v) is 4.05. The molecule has 0 saturated heterocycles. The van der Waals surface area contributed by atoms with Gasteiger partial charge in [-0.15, -0.1) is 0 Å². The third-order valence-electron chi connectivity index (χ3n) is 2.63. The number of rotatable bonds is 4. The normalized spacial score (nSPS) is 10.9.